The Labute approximate surface area is 102 Å². The fourth-order valence-electron chi connectivity index (χ4n) is 0.850. The highest BCUT2D eigenvalue weighted by atomic mass is 35.5. The van der Waals surface area contributed by atoms with Gasteiger partial charge < -0.3 is 22.9 Å². The first kappa shape index (κ1) is 12.7. The number of pyridine rings is 1. The summed E-state index contributed by atoms with van der Waals surface area (Å²) in [4.78, 5) is 14.2. The molecular formula is C8H11ClN8. The van der Waals surface area contributed by atoms with E-state index >= 15 is 0 Å². The Morgan fingerprint density at radius 3 is 1.53 bits per heavy atom. The van der Waals surface area contributed by atoms with Crippen molar-refractivity contribution in [2.45, 2.75) is 0 Å². The molecule has 0 saturated heterocycles. The molecule has 17 heavy (non-hydrogen) atoms. The van der Waals surface area contributed by atoms with E-state index in [1.807, 2.05) is 0 Å². The molecule has 2 aromatic rings. The number of nitrogens with zero attached hydrogens (tertiary/aromatic N) is 4. The van der Waals surface area contributed by atoms with Crippen molar-refractivity contribution >= 4 is 35.1 Å². The monoisotopic (exact) mass is 254 g/mol. The molecule has 9 heteroatoms. The maximum Gasteiger partial charge on any atom is 0.228 e. The molecule has 0 aliphatic carbocycles. The molecule has 0 spiro atoms. The third-order valence-electron chi connectivity index (χ3n) is 1.43. The Morgan fingerprint density at radius 1 is 0.765 bits per heavy atom. The van der Waals surface area contributed by atoms with Crippen LogP contribution in [0.3, 0.4) is 0 Å². The van der Waals surface area contributed by atoms with Crippen LogP contribution in [0.1, 0.15) is 0 Å². The zero-order chi connectivity index (χ0) is 12.8. The number of rotatable bonds is 0. The minimum absolute atomic E-state index is 0.0139. The average molecular weight is 255 g/mol. The van der Waals surface area contributed by atoms with Crippen LogP contribution in [-0.4, -0.2) is 19.9 Å². The van der Waals surface area contributed by atoms with Gasteiger partial charge in [0.1, 0.15) is 11.6 Å². The minimum Gasteiger partial charge on any atom is -0.384 e. The molecule has 0 fully saturated rings. The molecule has 0 bridgehead atoms. The van der Waals surface area contributed by atoms with Crippen molar-refractivity contribution in [3.63, 3.8) is 0 Å². The Bertz CT molecular complexity index is 435. The lowest BCUT2D eigenvalue weighted by Gasteiger charge is -1.92. The van der Waals surface area contributed by atoms with Gasteiger partial charge in [-0.25, -0.2) is 4.98 Å². The van der Waals surface area contributed by atoms with Crippen LogP contribution in [0, 0.1) is 0 Å². The second-order valence-corrected chi connectivity index (χ2v) is 3.15. The number of hydrogen-bond donors (Lipinski definition) is 4. The van der Waals surface area contributed by atoms with Crippen molar-refractivity contribution in [1.82, 2.24) is 19.9 Å². The van der Waals surface area contributed by atoms with Crippen LogP contribution in [0.15, 0.2) is 18.2 Å². The first-order valence-electron chi connectivity index (χ1n) is 4.38. The van der Waals surface area contributed by atoms with Gasteiger partial charge in [-0.1, -0.05) is 6.07 Å². The lowest BCUT2D eigenvalue weighted by Crippen LogP contribution is -2.01. The van der Waals surface area contributed by atoms with Gasteiger partial charge in [-0.2, -0.15) is 15.0 Å². The number of anilines is 4. The molecule has 2 heterocycles. The highest BCUT2D eigenvalue weighted by Gasteiger charge is 1.95. The van der Waals surface area contributed by atoms with E-state index in [2.05, 4.69) is 19.9 Å². The maximum atomic E-state index is 5.33. The summed E-state index contributed by atoms with van der Waals surface area (Å²) in [6.07, 6.45) is 0. The SMILES string of the molecule is Nc1cccc(N)n1.Nc1nc(N)nc(Cl)n1. The number of nitrogens with two attached hydrogens (primary N) is 4. The average Bonchev–Trinajstić information content (AvgIpc) is 2.15. The Hall–Kier alpha value is -2.35. The molecule has 8 N–H and O–H groups in total. The summed E-state index contributed by atoms with van der Waals surface area (Å²) in [5.41, 5.74) is 20.8. The molecule has 0 aromatic carbocycles. The Morgan fingerprint density at radius 2 is 1.24 bits per heavy atom. The van der Waals surface area contributed by atoms with Crippen LogP contribution >= 0.6 is 11.6 Å². The van der Waals surface area contributed by atoms with E-state index in [1.165, 1.54) is 0 Å². The maximum absolute atomic E-state index is 5.33. The normalized spacial score (nSPS) is 9.24. The third-order valence-corrected chi connectivity index (χ3v) is 1.60. The van der Waals surface area contributed by atoms with Gasteiger partial charge >= 0.3 is 0 Å². The molecule has 0 amide bonds. The molecule has 8 nitrogen and oxygen atoms in total. The lowest BCUT2D eigenvalue weighted by molar-refractivity contribution is 1.08. The Kier molecular flexibility index (Phi) is 4.23. The van der Waals surface area contributed by atoms with Crippen LogP contribution in [0.5, 0.6) is 0 Å². The van der Waals surface area contributed by atoms with E-state index in [0.717, 1.165) is 0 Å². The smallest absolute Gasteiger partial charge is 0.228 e. The predicted octanol–water partition coefficient (Wildman–Crippen LogP) is -0.0646. The van der Waals surface area contributed by atoms with E-state index in [9.17, 15) is 0 Å². The fraction of sp³-hybridized carbons (Fsp3) is 0. The summed E-state index contributed by atoms with van der Waals surface area (Å²) < 4.78 is 0. The zero-order valence-corrected chi connectivity index (χ0v) is 9.46. The summed E-state index contributed by atoms with van der Waals surface area (Å²) in [5.74, 6) is 0.995. The van der Waals surface area contributed by atoms with E-state index in [-0.39, 0.29) is 17.2 Å². The van der Waals surface area contributed by atoms with Gasteiger partial charge in [0.15, 0.2) is 0 Å². The van der Waals surface area contributed by atoms with Crippen LogP contribution in [0.2, 0.25) is 5.28 Å². The molecule has 0 saturated carbocycles. The van der Waals surface area contributed by atoms with Crippen molar-refractivity contribution in [2.75, 3.05) is 22.9 Å². The summed E-state index contributed by atoms with van der Waals surface area (Å²) in [7, 11) is 0. The molecule has 2 rings (SSSR count). The van der Waals surface area contributed by atoms with Gasteiger partial charge in [-0.15, -0.1) is 0 Å². The lowest BCUT2D eigenvalue weighted by atomic mass is 10.4. The van der Waals surface area contributed by atoms with Gasteiger partial charge in [0, 0.05) is 0 Å². The van der Waals surface area contributed by atoms with E-state index in [1.54, 1.807) is 18.2 Å². The highest BCUT2D eigenvalue weighted by molar-refractivity contribution is 6.28. The molecule has 0 unspecified atom stereocenters. The molecule has 0 atom stereocenters. The van der Waals surface area contributed by atoms with Crippen molar-refractivity contribution in [3.8, 4) is 0 Å². The number of hydrogen-bond acceptors (Lipinski definition) is 8. The van der Waals surface area contributed by atoms with Gasteiger partial charge in [0.25, 0.3) is 0 Å². The van der Waals surface area contributed by atoms with E-state index in [4.69, 9.17) is 34.5 Å². The van der Waals surface area contributed by atoms with Crippen molar-refractivity contribution in [2.24, 2.45) is 0 Å². The first-order chi connectivity index (χ1) is 7.97. The second-order valence-electron chi connectivity index (χ2n) is 2.81. The number of halogens is 1. The largest absolute Gasteiger partial charge is 0.384 e. The third kappa shape index (κ3) is 4.80. The van der Waals surface area contributed by atoms with Crippen LogP contribution in [-0.2, 0) is 0 Å². The van der Waals surface area contributed by atoms with E-state index in [0.29, 0.717) is 11.6 Å². The molecule has 0 aliphatic rings. The summed E-state index contributed by atoms with van der Waals surface area (Å²) in [6, 6.07) is 5.14. The second kappa shape index (κ2) is 5.66. The topological polar surface area (TPSA) is 156 Å². The first-order valence-corrected chi connectivity index (χ1v) is 4.75. The van der Waals surface area contributed by atoms with Crippen molar-refractivity contribution in [3.05, 3.63) is 23.5 Å². The summed E-state index contributed by atoms with van der Waals surface area (Å²) in [6.45, 7) is 0. The van der Waals surface area contributed by atoms with Crippen LogP contribution in [0.4, 0.5) is 23.5 Å². The fourth-order valence-corrected chi connectivity index (χ4v) is 1.02. The predicted molar refractivity (Wildman–Crippen MR) is 66.7 cm³/mol. The van der Waals surface area contributed by atoms with Crippen molar-refractivity contribution < 1.29 is 0 Å². The molecular weight excluding hydrogens is 244 g/mol. The van der Waals surface area contributed by atoms with Gasteiger partial charge in [-0.05, 0) is 23.7 Å². The van der Waals surface area contributed by atoms with Crippen LogP contribution in [0.25, 0.3) is 0 Å². The van der Waals surface area contributed by atoms with Gasteiger partial charge in [0.05, 0.1) is 0 Å². The highest BCUT2D eigenvalue weighted by Crippen LogP contribution is 2.02. The summed E-state index contributed by atoms with van der Waals surface area (Å²) in [5, 5.41) is 0.0139. The molecule has 90 valence electrons. The Balaban J connectivity index is 0.000000171. The minimum atomic E-state index is 0.0139. The van der Waals surface area contributed by atoms with Gasteiger partial charge in [-0.3, -0.25) is 0 Å². The summed E-state index contributed by atoms with van der Waals surface area (Å²) >= 11 is 5.33. The number of aromatic nitrogens is 4. The standard InChI is InChI=1S/C5H7N3.C3H4ClN5/c6-4-2-1-3-5(7)8-4;4-1-7-2(5)9-3(6)8-1/h1-3H,(H4,6,7,8);(H4,5,6,7,8,9). The van der Waals surface area contributed by atoms with Crippen LogP contribution < -0.4 is 22.9 Å². The quantitative estimate of drug-likeness (QED) is 0.509. The molecule has 2 aromatic heterocycles. The zero-order valence-electron chi connectivity index (χ0n) is 8.71. The van der Waals surface area contributed by atoms with Gasteiger partial charge in [0.2, 0.25) is 17.2 Å². The van der Waals surface area contributed by atoms with Crippen molar-refractivity contribution in [1.29, 1.82) is 0 Å². The number of nitrogen functional groups attached to an aromatic ring is 4. The molecule has 0 aliphatic heterocycles. The van der Waals surface area contributed by atoms with E-state index < -0.39 is 0 Å². The molecule has 0 radical (unpaired) electrons.